The Bertz CT molecular complexity index is 1120. The molecule has 1 aromatic heterocycles. The van der Waals surface area contributed by atoms with Crippen molar-refractivity contribution in [3.8, 4) is 0 Å². The van der Waals surface area contributed by atoms with Crippen LogP contribution in [0.2, 0.25) is 0 Å². The first kappa shape index (κ1) is 19.9. The summed E-state index contributed by atoms with van der Waals surface area (Å²) >= 11 is 2.40. The van der Waals surface area contributed by atoms with E-state index in [9.17, 15) is 9.59 Å². The molecule has 0 saturated heterocycles. The number of methoxy groups -OCH3 is 1. The predicted octanol–water partition coefficient (Wildman–Crippen LogP) is 4.10. The number of alkyl halides is 1. The van der Waals surface area contributed by atoms with Crippen LogP contribution in [0, 0.1) is 5.92 Å². The molecule has 2 unspecified atom stereocenters. The van der Waals surface area contributed by atoms with Crippen LogP contribution in [0.4, 0.5) is 0 Å². The van der Waals surface area contributed by atoms with Crippen LogP contribution in [0.3, 0.4) is 0 Å². The number of fused-ring (bicyclic) bond motifs is 4. The number of esters is 1. The van der Waals surface area contributed by atoms with Gasteiger partial charge < -0.3 is 9.47 Å². The number of carbonyl (C=O) groups excluding carboxylic acids is 2. The Kier molecular flexibility index (Phi) is 4.45. The SMILES string of the molecule is CC[C@@]1(OC)C(=O)OCC2=C1C=C1c3nc4c(cc3CC1C2=O)C=CC(C)(I)C=C4. The van der Waals surface area contributed by atoms with Gasteiger partial charge in [0.2, 0.25) is 0 Å². The summed E-state index contributed by atoms with van der Waals surface area (Å²) in [4.78, 5) is 31.0. The number of Topliss-reactive ketones (excluding diaryl/α,β-unsaturated/α-hetero) is 1. The van der Waals surface area contributed by atoms with Crippen LogP contribution in [0.5, 0.6) is 0 Å². The van der Waals surface area contributed by atoms with Crippen molar-refractivity contribution in [2.24, 2.45) is 5.92 Å². The zero-order chi connectivity index (χ0) is 21.3. The molecule has 0 amide bonds. The number of hydrogen-bond donors (Lipinski definition) is 0. The molecule has 1 aromatic rings. The molecule has 4 aliphatic rings. The van der Waals surface area contributed by atoms with Gasteiger partial charge in [0.25, 0.3) is 0 Å². The first-order valence-electron chi connectivity index (χ1n) is 10.1. The second-order valence-electron chi connectivity index (χ2n) is 8.36. The maximum Gasteiger partial charge on any atom is 0.343 e. The Labute approximate surface area is 189 Å². The van der Waals surface area contributed by atoms with Crippen LogP contribution in [-0.2, 0) is 25.5 Å². The molecule has 0 fully saturated rings. The van der Waals surface area contributed by atoms with Crippen LogP contribution in [0.1, 0.15) is 42.8 Å². The summed E-state index contributed by atoms with van der Waals surface area (Å²) in [5, 5.41) is 0. The van der Waals surface area contributed by atoms with Gasteiger partial charge in [-0.2, -0.15) is 0 Å². The topological polar surface area (TPSA) is 65.5 Å². The number of rotatable bonds is 2. The zero-order valence-corrected chi connectivity index (χ0v) is 19.3. The third kappa shape index (κ3) is 2.73. The van der Waals surface area contributed by atoms with E-state index in [1.807, 2.05) is 13.0 Å². The fraction of sp³-hybridized carbons (Fsp3) is 0.375. The molecule has 0 bridgehead atoms. The molecule has 6 heteroatoms. The molecule has 0 aromatic carbocycles. The number of pyridine rings is 1. The van der Waals surface area contributed by atoms with Crippen LogP contribution in [0.25, 0.3) is 17.7 Å². The van der Waals surface area contributed by atoms with Crippen molar-refractivity contribution in [1.29, 1.82) is 0 Å². The lowest BCUT2D eigenvalue weighted by Gasteiger charge is -2.38. The van der Waals surface area contributed by atoms with Gasteiger partial charge in [-0.05, 0) is 49.1 Å². The average molecular weight is 515 g/mol. The van der Waals surface area contributed by atoms with Crippen molar-refractivity contribution in [1.82, 2.24) is 4.98 Å². The molecule has 30 heavy (non-hydrogen) atoms. The van der Waals surface area contributed by atoms with Gasteiger partial charge in [0, 0.05) is 23.8 Å². The number of ether oxygens (including phenoxy) is 2. The van der Waals surface area contributed by atoms with Gasteiger partial charge in [0.15, 0.2) is 11.4 Å². The number of allylic oxidation sites excluding steroid dienone is 3. The van der Waals surface area contributed by atoms with Gasteiger partial charge in [-0.1, -0.05) is 47.7 Å². The van der Waals surface area contributed by atoms with Gasteiger partial charge in [-0.25, -0.2) is 9.78 Å². The number of carbonyl (C=O) groups is 2. The molecule has 0 saturated carbocycles. The monoisotopic (exact) mass is 515 g/mol. The molecule has 0 radical (unpaired) electrons. The lowest BCUT2D eigenvalue weighted by Crippen LogP contribution is -2.49. The van der Waals surface area contributed by atoms with E-state index in [2.05, 4.69) is 59.9 Å². The van der Waals surface area contributed by atoms with Crippen molar-refractivity contribution in [2.75, 3.05) is 13.7 Å². The van der Waals surface area contributed by atoms with Gasteiger partial charge in [-0.3, -0.25) is 4.79 Å². The normalized spacial score (nSPS) is 31.5. The van der Waals surface area contributed by atoms with Crippen LogP contribution in [-0.4, -0.2) is 39.5 Å². The number of halogens is 1. The fourth-order valence-electron chi connectivity index (χ4n) is 4.84. The van der Waals surface area contributed by atoms with Crippen molar-refractivity contribution in [2.45, 2.75) is 35.7 Å². The van der Waals surface area contributed by atoms with E-state index in [1.165, 1.54) is 7.11 Å². The highest BCUT2D eigenvalue weighted by atomic mass is 127. The van der Waals surface area contributed by atoms with E-state index >= 15 is 0 Å². The van der Waals surface area contributed by atoms with Crippen LogP contribution >= 0.6 is 22.6 Å². The smallest absolute Gasteiger partial charge is 0.343 e. The van der Waals surface area contributed by atoms with E-state index in [1.54, 1.807) is 0 Å². The summed E-state index contributed by atoms with van der Waals surface area (Å²) in [7, 11) is 1.49. The first-order valence-corrected chi connectivity index (χ1v) is 11.2. The van der Waals surface area contributed by atoms with Gasteiger partial charge >= 0.3 is 5.97 Å². The highest BCUT2D eigenvalue weighted by Crippen LogP contribution is 2.47. The van der Waals surface area contributed by atoms with Crippen LogP contribution < -0.4 is 0 Å². The first-order chi connectivity index (χ1) is 14.3. The minimum absolute atomic E-state index is 0.0123. The van der Waals surface area contributed by atoms with Gasteiger partial charge in [0.1, 0.15) is 6.61 Å². The van der Waals surface area contributed by atoms with Gasteiger partial charge in [0.05, 0.1) is 20.7 Å². The predicted molar refractivity (Wildman–Crippen MR) is 123 cm³/mol. The summed E-state index contributed by atoms with van der Waals surface area (Å²) < 4.78 is 10.9. The summed E-state index contributed by atoms with van der Waals surface area (Å²) in [5.74, 6) is -0.691. The number of nitrogens with zero attached hydrogens (tertiary/aromatic N) is 1. The molecular formula is C24H22INO4. The van der Waals surface area contributed by atoms with E-state index in [0.717, 1.165) is 28.1 Å². The van der Waals surface area contributed by atoms with Gasteiger partial charge in [-0.15, -0.1) is 0 Å². The van der Waals surface area contributed by atoms with E-state index < -0.39 is 11.6 Å². The Morgan fingerprint density at radius 1 is 1.30 bits per heavy atom. The molecule has 5 nitrogen and oxygen atoms in total. The highest BCUT2D eigenvalue weighted by Gasteiger charge is 2.51. The van der Waals surface area contributed by atoms with E-state index in [4.69, 9.17) is 14.5 Å². The van der Waals surface area contributed by atoms with E-state index in [-0.39, 0.29) is 21.7 Å². The number of aromatic nitrogens is 1. The van der Waals surface area contributed by atoms with Crippen molar-refractivity contribution in [3.63, 3.8) is 0 Å². The standard InChI is InChI=1S/C24H22INO4/c1-4-24(29-3)18-11-15-16(21(27)17(18)12-30-22(24)28)10-14-9-13-5-7-23(2,25)8-6-19(13)26-20(14)15/h5-9,11,16H,4,10,12H2,1-3H3/t16?,23?,24-/m0/s1. The second-order valence-corrected chi connectivity index (χ2v) is 10.7. The van der Waals surface area contributed by atoms with Crippen molar-refractivity contribution in [3.05, 3.63) is 58.0 Å². The fourth-order valence-corrected chi connectivity index (χ4v) is 5.20. The lowest BCUT2D eigenvalue weighted by atomic mass is 9.75. The molecular weight excluding hydrogens is 493 g/mol. The molecule has 3 atom stereocenters. The summed E-state index contributed by atoms with van der Waals surface area (Å²) in [6.07, 6.45) is 11.4. The largest absolute Gasteiger partial charge is 0.458 e. The summed E-state index contributed by atoms with van der Waals surface area (Å²) in [6, 6.07) is 2.15. The Morgan fingerprint density at radius 3 is 2.80 bits per heavy atom. The van der Waals surface area contributed by atoms with Crippen LogP contribution in [0.15, 0.2) is 35.4 Å². The zero-order valence-electron chi connectivity index (χ0n) is 17.1. The third-order valence-electron chi connectivity index (χ3n) is 6.59. The molecule has 0 N–H and O–H groups in total. The molecule has 0 spiro atoms. The third-order valence-corrected chi connectivity index (χ3v) is 7.31. The van der Waals surface area contributed by atoms with Crippen molar-refractivity contribution >= 4 is 52.1 Å². The quantitative estimate of drug-likeness (QED) is 0.337. The van der Waals surface area contributed by atoms with E-state index in [0.29, 0.717) is 24.0 Å². The lowest BCUT2D eigenvalue weighted by molar-refractivity contribution is -0.166. The molecule has 2 heterocycles. The minimum atomic E-state index is -1.23. The number of hydrogen-bond acceptors (Lipinski definition) is 5. The highest BCUT2D eigenvalue weighted by molar-refractivity contribution is 14.1. The minimum Gasteiger partial charge on any atom is -0.458 e. The maximum absolute atomic E-state index is 13.4. The second kappa shape index (κ2) is 6.72. The number of ketones is 1. The maximum atomic E-state index is 13.4. The Hall–Kier alpha value is -2.06. The summed E-state index contributed by atoms with van der Waals surface area (Å²) in [5.41, 5.74) is 4.74. The molecule has 3 aliphatic carbocycles. The Morgan fingerprint density at radius 2 is 2.07 bits per heavy atom. The Balaban J connectivity index is 1.67. The average Bonchev–Trinajstić information content (AvgIpc) is 3.01. The van der Waals surface area contributed by atoms with Crippen molar-refractivity contribution < 1.29 is 19.1 Å². The molecule has 154 valence electrons. The summed E-state index contributed by atoms with van der Waals surface area (Å²) in [6.45, 7) is 4.02. The molecule has 5 rings (SSSR count). The molecule has 1 aliphatic heterocycles. The number of cyclic esters (lactones) is 1.